The Kier molecular flexibility index (Phi) is 4.26. The molecule has 0 bridgehead atoms. The Balaban J connectivity index is 2.24. The van der Waals surface area contributed by atoms with E-state index in [4.69, 9.17) is 9.84 Å². The average Bonchev–Trinajstić information content (AvgIpc) is 2.41. The molecule has 0 unspecified atom stereocenters. The summed E-state index contributed by atoms with van der Waals surface area (Å²) in [6.07, 6.45) is 0. The molecule has 0 atom stereocenters. The zero-order chi connectivity index (χ0) is 15.6. The molecule has 0 amide bonds. The first-order chi connectivity index (χ1) is 9.88. The maximum absolute atomic E-state index is 13.3. The predicted octanol–water partition coefficient (Wildman–Crippen LogP) is 4.03. The van der Waals surface area contributed by atoms with Crippen LogP contribution in [0.4, 0.5) is 4.39 Å². The summed E-state index contributed by atoms with van der Waals surface area (Å²) in [4.78, 5) is 11.0. The summed E-state index contributed by atoms with van der Waals surface area (Å²) in [6, 6.07) is 7.72. The van der Waals surface area contributed by atoms with Crippen LogP contribution in [0, 0.1) is 26.6 Å². The monoisotopic (exact) mass is 288 g/mol. The summed E-state index contributed by atoms with van der Waals surface area (Å²) >= 11 is 0. The normalized spacial score (nSPS) is 10.5. The minimum absolute atomic E-state index is 0.235. The van der Waals surface area contributed by atoms with Gasteiger partial charge in [-0.3, -0.25) is 0 Å². The summed E-state index contributed by atoms with van der Waals surface area (Å²) in [5, 5.41) is 9.02. The Bertz CT molecular complexity index is 669. The Morgan fingerprint density at radius 3 is 2.29 bits per heavy atom. The molecular weight excluding hydrogens is 271 g/mol. The molecule has 0 heterocycles. The first-order valence-electron chi connectivity index (χ1n) is 6.61. The second-order valence-electron chi connectivity index (χ2n) is 5.10. The minimum Gasteiger partial charge on any atom is -0.488 e. The van der Waals surface area contributed by atoms with E-state index in [9.17, 15) is 9.18 Å². The molecule has 0 fully saturated rings. The van der Waals surface area contributed by atoms with Gasteiger partial charge in [-0.1, -0.05) is 6.07 Å². The number of benzene rings is 2. The highest BCUT2D eigenvalue weighted by Crippen LogP contribution is 2.26. The van der Waals surface area contributed by atoms with E-state index >= 15 is 0 Å². The molecule has 2 aromatic carbocycles. The van der Waals surface area contributed by atoms with Crippen molar-refractivity contribution >= 4 is 5.97 Å². The minimum atomic E-state index is -0.964. The largest absolute Gasteiger partial charge is 0.488 e. The van der Waals surface area contributed by atoms with Crippen LogP contribution in [-0.2, 0) is 6.61 Å². The molecule has 0 spiro atoms. The highest BCUT2D eigenvalue weighted by Gasteiger charge is 2.11. The van der Waals surface area contributed by atoms with Crippen LogP contribution in [0.2, 0.25) is 0 Å². The zero-order valence-electron chi connectivity index (χ0n) is 12.2. The van der Waals surface area contributed by atoms with Gasteiger partial charge >= 0.3 is 5.97 Å². The average molecular weight is 288 g/mol. The van der Waals surface area contributed by atoms with E-state index in [2.05, 4.69) is 0 Å². The van der Waals surface area contributed by atoms with Crippen molar-refractivity contribution in [2.24, 2.45) is 0 Å². The molecule has 4 heteroatoms. The molecule has 21 heavy (non-hydrogen) atoms. The fourth-order valence-electron chi connectivity index (χ4n) is 2.25. The van der Waals surface area contributed by atoms with E-state index in [0.717, 1.165) is 22.3 Å². The van der Waals surface area contributed by atoms with Gasteiger partial charge in [-0.25, -0.2) is 9.18 Å². The second-order valence-corrected chi connectivity index (χ2v) is 5.10. The third kappa shape index (κ3) is 3.40. The lowest BCUT2D eigenvalue weighted by molar-refractivity contribution is 0.0696. The Hall–Kier alpha value is -2.36. The number of hydrogen-bond acceptors (Lipinski definition) is 2. The van der Waals surface area contributed by atoms with Crippen molar-refractivity contribution in [3.8, 4) is 5.75 Å². The summed E-state index contributed by atoms with van der Waals surface area (Å²) in [6.45, 7) is 5.74. The van der Waals surface area contributed by atoms with Crippen molar-refractivity contribution in [3.05, 3.63) is 64.0 Å². The van der Waals surface area contributed by atoms with Gasteiger partial charge in [0.05, 0.1) is 5.56 Å². The van der Waals surface area contributed by atoms with Crippen LogP contribution < -0.4 is 4.74 Å². The van der Waals surface area contributed by atoms with Crippen molar-refractivity contribution in [1.82, 2.24) is 0 Å². The van der Waals surface area contributed by atoms with Gasteiger partial charge in [0.15, 0.2) is 0 Å². The lowest BCUT2D eigenvalue weighted by Gasteiger charge is -2.14. The van der Waals surface area contributed by atoms with Crippen LogP contribution in [0.15, 0.2) is 30.3 Å². The molecule has 0 saturated heterocycles. The number of halogens is 1. The van der Waals surface area contributed by atoms with Crippen LogP contribution in [0.1, 0.15) is 32.6 Å². The molecule has 0 aliphatic heterocycles. The highest BCUT2D eigenvalue weighted by atomic mass is 19.1. The number of aryl methyl sites for hydroxylation is 3. The lowest BCUT2D eigenvalue weighted by Crippen LogP contribution is -2.04. The molecule has 1 N–H and O–H groups in total. The fourth-order valence-corrected chi connectivity index (χ4v) is 2.25. The molecule has 2 rings (SSSR count). The molecule has 0 saturated carbocycles. The molecule has 3 nitrogen and oxygen atoms in total. The van der Waals surface area contributed by atoms with E-state index in [-0.39, 0.29) is 18.0 Å². The third-order valence-corrected chi connectivity index (χ3v) is 3.39. The molecule has 110 valence electrons. The molecule has 0 radical (unpaired) electrons. The van der Waals surface area contributed by atoms with E-state index in [1.54, 1.807) is 32.0 Å². The van der Waals surface area contributed by atoms with Gasteiger partial charge in [0, 0.05) is 0 Å². The van der Waals surface area contributed by atoms with Gasteiger partial charge in [-0.05, 0) is 67.3 Å². The number of aromatic carboxylic acids is 1. The predicted molar refractivity (Wildman–Crippen MR) is 78.3 cm³/mol. The van der Waals surface area contributed by atoms with E-state index in [1.165, 1.54) is 12.1 Å². The maximum Gasteiger partial charge on any atom is 0.335 e. The second kappa shape index (κ2) is 5.95. The molecule has 2 aromatic rings. The Morgan fingerprint density at radius 2 is 1.71 bits per heavy atom. The number of carbonyl (C=O) groups is 1. The van der Waals surface area contributed by atoms with Crippen LogP contribution >= 0.6 is 0 Å². The number of hydrogen-bond donors (Lipinski definition) is 1. The molecular formula is C17H17FO3. The maximum atomic E-state index is 13.3. The molecule has 0 aliphatic carbocycles. The van der Waals surface area contributed by atoms with Gasteiger partial charge < -0.3 is 9.84 Å². The number of carboxylic acid groups (broad SMARTS) is 1. The van der Waals surface area contributed by atoms with E-state index in [1.807, 2.05) is 6.92 Å². The van der Waals surface area contributed by atoms with Crippen molar-refractivity contribution in [2.45, 2.75) is 27.4 Å². The first kappa shape index (κ1) is 15.0. The Morgan fingerprint density at radius 1 is 1.10 bits per heavy atom. The Labute approximate surface area is 123 Å². The van der Waals surface area contributed by atoms with Crippen molar-refractivity contribution in [3.63, 3.8) is 0 Å². The smallest absolute Gasteiger partial charge is 0.335 e. The number of ether oxygens (including phenoxy) is 1. The highest BCUT2D eigenvalue weighted by molar-refractivity contribution is 5.88. The zero-order valence-corrected chi connectivity index (χ0v) is 12.2. The summed E-state index contributed by atoms with van der Waals surface area (Å²) in [7, 11) is 0. The van der Waals surface area contributed by atoms with Gasteiger partial charge in [0.25, 0.3) is 0 Å². The number of carboxylic acids is 1. The summed E-state index contributed by atoms with van der Waals surface area (Å²) in [5.41, 5.74) is 3.46. The van der Waals surface area contributed by atoms with Crippen LogP contribution in [0.5, 0.6) is 5.75 Å². The molecule has 0 aromatic heterocycles. The van der Waals surface area contributed by atoms with Crippen molar-refractivity contribution in [2.75, 3.05) is 0 Å². The van der Waals surface area contributed by atoms with Crippen LogP contribution in [0.3, 0.4) is 0 Å². The van der Waals surface area contributed by atoms with Gasteiger partial charge in [0.1, 0.15) is 18.2 Å². The first-order valence-corrected chi connectivity index (χ1v) is 6.61. The van der Waals surface area contributed by atoms with Gasteiger partial charge in [-0.2, -0.15) is 0 Å². The summed E-state index contributed by atoms with van der Waals surface area (Å²) < 4.78 is 19.0. The van der Waals surface area contributed by atoms with Crippen molar-refractivity contribution < 1.29 is 19.0 Å². The third-order valence-electron chi connectivity index (χ3n) is 3.39. The topological polar surface area (TPSA) is 46.5 Å². The fraction of sp³-hybridized carbons (Fsp3) is 0.235. The van der Waals surface area contributed by atoms with Gasteiger partial charge in [0.2, 0.25) is 0 Å². The van der Waals surface area contributed by atoms with E-state index in [0.29, 0.717) is 5.75 Å². The summed E-state index contributed by atoms with van der Waals surface area (Å²) in [5.74, 6) is -0.619. The SMILES string of the molecule is Cc1ccc(F)cc1COc1c(C)cc(C(=O)O)cc1C. The quantitative estimate of drug-likeness (QED) is 0.924. The molecule has 0 aliphatic rings. The van der Waals surface area contributed by atoms with Crippen LogP contribution in [0.25, 0.3) is 0 Å². The number of rotatable bonds is 4. The van der Waals surface area contributed by atoms with Crippen LogP contribution in [-0.4, -0.2) is 11.1 Å². The lowest BCUT2D eigenvalue weighted by atomic mass is 10.1. The standard InChI is InChI=1S/C17H17FO3/c1-10-4-5-15(18)8-14(10)9-21-16-11(2)6-13(17(19)20)7-12(16)3/h4-8H,9H2,1-3H3,(H,19,20). The van der Waals surface area contributed by atoms with E-state index < -0.39 is 5.97 Å². The van der Waals surface area contributed by atoms with Crippen molar-refractivity contribution in [1.29, 1.82) is 0 Å². The van der Waals surface area contributed by atoms with Gasteiger partial charge in [-0.15, -0.1) is 0 Å².